The zero-order valence-electron chi connectivity index (χ0n) is 14.6. The van der Waals surface area contributed by atoms with Crippen molar-refractivity contribution in [2.24, 2.45) is 0 Å². The third-order valence-electron chi connectivity index (χ3n) is 4.78. The number of piperidine rings is 1. The van der Waals surface area contributed by atoms with Crippen LogP contribution in [0.15, 0.2) is 30.9 Å². The number of aromatic nitrogens is 3. The van der Waals surface area contributed by atoms with Gasteiger partial charge in [-0.15, -0.1) is 24.8 Å². The van der Waals surface area contributed by atoms with Crippen molar-refractivity contribution in [3.63, 3.8) is 0 Å². The molecule has 6 nitrogen and oxygen atoms in total. The number of nitrogens with one attached hydrogen (secondary N) is 1. The Kier molecular flexibility index (Phi) is 7.87. The van der Waals surface area contributed by atoms with Crippen LogP contribution in [0.25, 0.3) is 0 Å². The summed E-state index contributed by atoms with van der Waals surface area (Å²) in [4.78, 5) is 15.6. The number of hydrogen-bond acceptors (Lipinski definition) is 6. The van der Waals surface area contributed by atoms with E-state index in [0.29, 0.717) is 0 Å². The van der Waals surface area contributed by atoms with Crippen LogP contribution in [0.2, 0.25) is 0 Å². The summed E-state index contributed by atoms with van der Waals surface area (Å²) in [6, 6.07) is 3.88. The van der Waals surface area contributed by atoms with E-state index in [2.05, 4.69) is 25.2 Å². The molecule has 1 N–H and O–H groups in total. The molecule has 0 aliphatic carbocycles. The summed E-state index contributed by atoms with van der Waals surface area (Å²) >= 11 is 0. The molecule has 0 aromatic carbocycles. The fraction of sp³-hybridized carbons (Fsp3) is 0.500. The van der Waals surface area contributed by atoms with Gasteiger partial charge < -0.3 is 15.0 Å². The van der Waals surface area contributed by atoms with Crippen LogP contribution in [0.5, 0.6) is 5.75 Å². The highest BCUT2D eigenvalue weighted by molar-refractivity contribution is 5.85. The van der Waals surface area contributed by atoms with Crippen LogP contribution >= 0.6 is 24.8 Å². The summed E-state index contributed by atoms with van der Waals surface area (Å²) in [7, 11) is 0. The standard InChI is InChI=1S/C18H23N5O.2ClH/c1-2-15(12-20-7-1)24-14-5-10-23(11-6-14)18-16-3-8-19-9-4-17(16)21-13-22-18;;/h1-2,7,12-14,19H,3-6,8-11H2;2*1H. The largest absolute Gasteiger partial charge is 0.489 e. The first-order valence-electron chi connectivity index (χ1n) is 8.75. The van der Waals surface area contributed by atoms with Gasteiger partial charge in [0.25, 0.3) is 0 Å². The first kappa shape index (κ1) is 20.7. The van der Waals surface area contributed by atoms with Gasteiger partial charge in [-0.05, 0) is 25.1 Å². The minimum Gasteiger partial charge on any atom is -0.489 e. The lowest BCUT2D eigenvalue weighted by Crippen LogP contribution is -2.39. The molecule has 0 amide bonds. The molecule has 2 aromatic heterocycles. The molecule has 142 valence electrons. The van der Waals surface area contributed by atoms with Crippen LogP contribution in [0.3, 0.4) is 0 Å². The van der Waals surface area contributed by atoms with Crippen LogP contribution < -0.4 is 15.0 Å². The van der Waals surface area contributed by atoms with Gasteiger partial charge in [-0.1, -0.05) is 0 Å². The average Bonchev–Trinajstić information content (AvgIpc) is 2.89. The van der Waals surface area contributed by atoms with Gasteiger partial charge in [-0.3, -0.25) is 4.98 Å². The number of hydrogen-bond donors (Lipinski definition) is 1. The highest BCUT2D eigenvalue weighted by atomic mass is 35.5. The van der Waals surface area contributed by atoms with Crippen molar-refractivity contribution in [1.82, 2.24) is 20.3 Å². The van der Waals surface area contributed by atoms with Crippen molar-refractivity contribution < 1.29 is 4.74 Å². The van der Waals surface area contributed by atoms with E-state index in [1.165, 1.54) is 11.3 Å². The van der Waals surface area contributed by atoms with Crippen molar-refractivity contribution in [1.29, 1.82) is 0 Å². The SMILES string of the molecule is Cl.Cl.c1cncc(OC2CCN(c3ncnc4c3CCNCC4)CC2)c1. The van der Waals surface area contributed by atoms with Gasteiger partial charge in [0, 0.05) is 50.7 Å². The van der Waals surface area contributed by atoms with Crippen LogP contribution in [-0.2, 0) is 12.8 Å². The van der Waals surface area contributed by atoms with E-state index in [0.717, 1.165) is 63.4 Å². The number of pyridine rings is 1. The lowest BCUT2D eigenvalue weighted by molar-refractivity contribution is 0.170. The van der Waals surface area contributed by atoms with Gasteiger partial charge in [0.2, 0.25) is 0 Å². The summed E-state index contributed by atoms with van der Waals surface area (Å²) in [6.45, 7) is 3.96. The molecule has 0 unspecified atom stereocenters. The lowest BCUT2D eigenvalue weighted by Gasteiger charge is -2.34. The molecule has 1 saturated heterocycles. The van der Waals surface area contributed by atoms with Gasteiger partial charge in [-0.2, -0.15) is 0 Å². The molecular formula is C18H25Cl2N5O. The molecule has 8 heteroatoms. The molecular weight excluding hydrogens is 373 g/mol. The summed E-state index contributed by atoms with van der Waals surface area (Å²) in [5.41, 5.74) is 2.54. The Balaban J connectivity index is 0.00000121. The maximum Gasteiger partial charge on any atom is 0.137 e. The monoisotopic (exact) mass is 397 g/mol. The number of nitrogens with zero attached hydrogens (tertiary/aromatic N) is 4. The molecule has 0 bridgehead atoms. The van der Waals surface area contributed by atoms with E-state index in [-0.39, 0.29) is 30.9 Å². The van der Waals surface area contributed by atoms with Gasteiger partial charge in [0.1, 0.15) is 24.0 Å². The van der Waals surface area contributed by atoms with E-state index < -0.39 is 0 Å². The molecule has 4 rings (SSSR count). The Hall–Kier alpha value is -1.63. The van der Waals surface area contributed by atoms with Crippen molar-refractivity contribution >= 4 is 30.6 Å². The van der Waals surface area contributed by atoms with Crippen LogP contribution in [0, 0.1) is 0 Å². The van der Waals surface area contributed by atoms with Crippen molar-refractivity contribution in [2.75, 3.05) is 31.1 Å². The Labute approximate surface area is 166 Å². The summed E-state index contributed by atoms with van der Waals surface area (Å²) < 4.78 is 6.04. The van der Waals surface area contributed by atoms with Gasteiger partial charge >= 0.3 is 0 Å². The molecule has 4 heterocycles. The topological polar surface area (TPSA) is 63.2 Å². The minimum atomic E-state index is 0. The van der Waals surface area contributed by atoms with Crippen molar-refractivity contribution in [2.45, 2.75) is 31.8 Å². The maximum absolute atomic E-state index is 6.04. The fourth-order valence-corrected chi connectivity index (χ4v) is 3.52. The van der Waals surface area contributed by atoms with E-state index in [1.807, 2.05) is 12.1 Å². The zero-order chi connectivity index (χ0) is 16.2. The van der Waals surface area contributed by atoms with E-state index >= 15 is 0 Å². The fourth-order valence-electron chi connectivity index (χ4n) is 3.52. The molecule has 0 radical (unpaired) electrons. The molecule has 26 heavy (non-hydrogen) atoms. The van der Waals surface area contributed by atoms with Gasteiger partial charge in [0.05, 0.1) is 11.9 Å². The second kappa shape index (κ2) is 9.90. The molecule has 2 aliphatic heterocycles. The molecule has 0 saturated carbocycles. The zero-order valence-corrected chi connectivity index (χ0v) is 16.3. The third kappa shape index (κ3) is 4.75. The number of anilines is 1. The van der Waals surface area contributed by atoms with E-state index in [9.17, 15) is 0 Å². The number of halogens is 2. The predicted molar refractivity (Wildman–Crippen MR) is 107 cm³/mol. The minimum absolute atomic E-state index is 0. The normalized spacial score (nSPS) is 17.3. The number of ether oxygens (including phenoxy) is 1. The van der Waals surface area contributed by atoms with Crippen LogP contribution in [0.1, 0.15) is 24.1 Å². The Morgan fingerprint density at radius 2 is 1.88 bits per heavy atom. The van der Waals surface area contributed by atoms with Gasteiger partial charge in [-0.25, -0.2) is 9.97 Å². The second-order valence-corrected chi connectivity index (χ2v) is 6.37. The van der Waals surface area contributed by atoms with E-state index in [1.54, 1.807) is 18.7 Å². The second-order valence-electron chi connectivity index (χ2n) is 6.37. The lowest BCUT2D eigenvalue weighted by atomic mass is 10.0. The summed E-state index contributed by atoms with van der Waals surface area (Å²) in [6.07, 6.45) is 9.54. The maximum atomic E-state index is 6.04. The van der Waals surface area contributed by atoms with Crippen LogP contribution in [-0.4, -0.2) is 47.2 Å². The quantitative estimate of drug-likeness (QED) is 0.857. The van der Waals surface area contributed by atoms with E-state index in [4.69, 9.17) is 4.74 Å². The Morgan fingerprint density at radius 3 is 2.65 bits per heavy atom. The number of fused-ring (bicyclic) bond motifs is 1. The number of rotatable bonds is 3. The first-order valence-corrected chi connectivity index (χ1v) is 8.75. The smallest absolute Gasteiger partial charge is 0.137 e. The van der Waals surface area contributed by atoms with Crippen molar-refractivity contribution in [3.8, 4) is 5.75 Å². The molecule has 2 aromatic rings. The summed E-state index contributed by atoms with van der Waals surface area (Å²) in [5.74, 6) is 1.99. The summed E-state index contributed by atoms with van der Waals surface area (Å²) in [5, 5.41) is 3.45. The predicted octanol–water partition coefficient (Wildman–Crippen LogP) is 2.45. The molecule has 2 aliphatic rings. The Bertz CT molecular complexity index is 681. The third-order valence-corrected chi connectivity index (χ3v) is 4.78. The molecule has 0 atom stereocenters. The van der Waals surface area contributed by atoms with Gasteiger partial charge in [0.15, 0.2) is 0 Å². The van der Waals surface area contributed by atoms with Crippen LogP contribution in [0.4, 0.5) is 5.82 Å². The molecule has 0 spiro atoms. The highest BCUT2D eigenvalue weighted by Gasteiger charge is 2.25. The first-order chi connectivity index (χ1) is 11.9. The average molecular weight is 398 g/mol. The highest BCUT2D eigenvalue weighted by Crippen LogP contribution is 2.26. The molecule has 1 fully saturated rings. The Morgan fingerprint density at radius 1 is 1.08 bits per heavy atom. The van der Waals surface area contributed by atoms with Crippen molar-refractivity contribution in [3.05, 3.63) is 42.1 Å².